The molecule has 0 unspecified atom stereocenters. The van der Waals surface area contributed by atoms with Gasteiger partial charge in [-0.25, -0.2) is 0 Å². The highest BCUT2D eigenvalue weighted by Crippen LogP contribution is 2.30. The smallest absolute Gasteiger partial charge is 0.253 e. The predicted octanol–water partition coefficient (Wildman–Crippen LogP) is 2.42. The van der Waals surface area contributed by atoms with Crippen LogP contribution in [0.1, 0.15) is 35.9 Å². The standard InChI is InChI=1S/C15H17N3O/c1-10(2)18-13-5-8-17-15(19)12(13)9-14(18)11-3-6-16-7-4-11/h3-4,6-7,9-10H,5,8H2,1-2H3,(H,17,19). The minimum Gasteiger partial charge on any atom is -0.352 e. The van der Waals surface area contributed by atoms with Gasteiger partial charge >= 0.3 is 0 Å². The average Bonchev–Trinajstić information content (AvgIpc) is 2.81. The Morgan fingerprint density at radius 2 is 2.05 bits per heavy atom. The van der Waals surface area contributed by atoms with Gasteiger partial charge in [0.1, 0.15) is 0 Å². The molecule has 0 aliphatic carbocycles. The molecule has 1 N–H and O–H groups in total. The lowest BCUT2D eigenvalue weighted by Crippen LogP contribution is -2.32. The zero-order valence-electron chi connectivity index (χ0n) is 11.2. The maximum absolute atomic E-state index is 12.0. The highest BCUT2D eigenvalue weighted by molar-refractivity contribution is 5.98. The molecule has 19 heavy (non-hydrogen) atoms. The third kappa shape index (κ3) is 1.93. The highest BCUT2D eigenvalue weighted by Gasteiger charge is 2.25. The fourth-order valence-electron chi connectivity index (χ4n) is 2.74. The molecule has 2 aromatic rings. The number of carbonyl (C=O) groups excluding carboxylic acids is 1. The van der Waals surface area contributed by atoms with Crippen LogP contribution in [0.2, 0.25) is 0 Å². The summed E-state index contributed by atoms with van der Waals surface area (Å²) in [5, 5.41) is 2.90. The number of nitrogens with one attached hydrogen (secondary N) is 1. The van der Waals surface area contributed by atoms with Crippen molar-refractivity contribution < 1.29 is 4.79 Å². The van der Waals surface area contributed by atoms with Crippen molar-refractivity contribution in [1.29, 1.82) is 0 Å². The van der Waals surface area contributed by atoms with Crippen LogP contribution >= 0.6 is 0 Å². The minimum atomic E-state index is 0.0379. The topological polar surface area (TPSA) is 46.9 Å². The molecule has 0 spiro atoms. The number of hydrogen-bond acceptors (Lipinski definition) is 2. The Morgan fingerprint density at radius 3 is 2.74 bits per heavy atom. The van der Waals surface area contributed by atoms with Crippen molar-refractivity contribution in [2.75, 3.05) is 6.54 Å². The molecule has 0 atom stereocenters. The minimum absolute atomic E-state index is 0.0379. The Bertz CT molecular complexity index is 614. The van der Waals surface area contributed by atoms with E-state index in [0.29, 0.717) is 6.04 Å². The quantitative estimate of drug-likeness (QED) is 0.895. The van der Waals surface area contributed by atoms with Gasteiger partial charge in [0.15, 0.2) is 0 Å². The van der Waals surface area contributed by atoms with E-state index in [4.69, 9.17) is 0 Å². The SMILES string of the molecule is CC(C)n1c(-c2ccncc2)cc2c1CCNC2=O. The molecule has 0 aromatic carbocycles. The van der Waals surface area contributed by atoms with Gasteiger partial charge in [-0.3, -0.25) is 9.78 Å². The van der Waals surface area contributed by atoms with Crippen LogP contribution in [0.25, 0.3) is 11.3 Å². The van der Waals surface area contributed by atoms with Crippen LogP contribution in [0, 0.1) is 0 Å². The number of hydrogen-bond donors (Lipinski definition) is 1. The summed E-state index contributed by atoms with van der Waals surface area (Å²) in [5.74, 6) is 0.0379. The summed E-state index contributed by atoms with van der Waals surface area (Å²) in [6.07, 6.45) is 4.46. The molecule has 4 nitrogen and oxygen atoms in total. The molecule has 0 saturated carbocycles. The number of nitrogens with zero attached hydrogens (tertiary/aromatic N) is 2. The van der Waals surface area contributed by atoms with Crippen LogP contribution in [0.4, 0.5) is 0 Å². The number of aromatic nitrogens is 2. The second kappa shape index (κ2) is 4.53. The van der Waals surface area contributed by atoms with Gasteiger partial charge in [-0.15, -0.1) is 0 Å². The summed E-state index contributed by atoms with van der Waals surface area (Å²) >= 11 is 0. The molecule has 3 rings (SSSR count). The van der Waals surface area contributed by atoms with Crippen LogP contribution in [-0.2, 0) is 6.42 Å². The van der Waals surface area contributed by atoms with Crippen LogP contribution in [-0.4, -0.2) is 22.0 Å². The average molecular weight is 255 g/mol. The normalized spacial score (nSPS) is 14.4. The zero-order chi connectivity index (χ0) is 13.4. The van der Waals surface area contributed by atoms with E-state index >= 15 is 0 Å². The number of fused-ring (bicyclic) bond motifs is 1. The summed E-state index contributed by atoms with van der Waals surface area (Å²) in [4.78, 5) is 16.0. The molecule has 2 aromatic heterocycles. The lowest BCUT2D eigenvalue weighted by molar-refractivity contribution is 0.0945. The van der Waals surface area contributed by atoms with E-state index < -0.39 is 0 Å². The molecule has 0 fully saturated rings. The molecular formula is C15H17N3O. The van der Waals surface area contributed by atoms with E-state index in [1.54, 1.807) is 12.4 Å². The number of carbonyl (C=O) groups is 1. The second-order valence-corrected chi connectivity index (χ2v) is 5.10. The van der Waals surface area contributed by atoms with Gasteiger partial charge in [0.2, 0.25) is 0 Å². The summed E-state index contributed by atoms with van der Waals surface area (Å²) in [6.45, 7) is 5.02. The van der Waals surface area contributed by atoms with Crippen LogP contribution in [0.15, 0.2) is 30.6 Å². The van der Waals surface area contributed by atoms with Crippen LogP contribution in [0.3, 0.4) is 0 Å². The van der Waals surface area contributed by atoms with E-state index in [9.17, 15) is 4.79 Å². The summed E-state index contributed by atoms with van der Waals surface area (Å²) in [7, 11) is 0. The van der Waals surface area contributed by atoms with Crippen LogP contribution in [0.5, 0.6) is 0 Å². The summed E-state index contributed by atoms with van der Waals surface area (Å²) in [6, 6.07) is 6.30. The fraction of sp³-hybridized carbons (Fsp3) is 0.333. The molecule has 1 aliphatic rings. The number of rotatable bonds is 2. The first-order chi connectivity index (χ1) is 9.18. The maximum Gasteiger partial charge on any atom is 0.253 e. The molecule has 1 amide bonds. The molecule has 3 heterocycles. The van der Waals surface area contributed by atoms with Gasteiger partial charge in [-0.2, -0.15) is 0 Å². The number of amides is 1. The first kappa shape index (κ1) is 12.0. The molecule has 4 heteroatoms. The lowest BCUT2D eigenvalue weighted by atomic mass is 10.1. The molecule has 1 aliphatic heterocycles. The van der Waals surface area contributed by atoms with Crippen molar-refractivity contribution in [3.8, 4) is 11.3 Å². The molecule has 0 radical (unpaired) electrons. The number of pyridine rings is 1. The highest BCUT2D eigenvalue weighted by atomic mass is 16.1. The first-order valence-electron chi connectivity index (χ1n) is 6.61. The van der Waals surface area contributed by atoms with Crippen LogP contribution < -0.4 is 5.32 Å². The molecule has 0 saturated heterocycles. The third-order valence-electron chi connectivity index (χ3n) is 3.53. The van der Waals surface area contributed by atoms with Gasteiger partial charge in [0.25, 0.3) is 5.91 Å². The van der Waals surface area contributed by atoms with Crippen molar-refractivity contribution in [2.24, 2.45) is 0 Å². The zero-order valence-corrected chi connectivity index (χ0v) is 11.2. The van der Waals surface area contributed by atoms with Gasteiger partial charge in [-0.1, -0.05) is 0 Å². The Labute approximate surface area is 112 Å². The second-order valence-electron chi connectivity index (χ2n) is 5.10. The van der Waals surface area contributed by atoms with Gasteiger partial charge in [0.05, 0.1) is 5.56 Å². The van der Waals surface area contributed by atoms with Crippen molar-refractivity contribution in [3.63, 3.8) is 0 Å². The molecule has 98 valence electrons. The monoisotopic (exact) mass is 255 g/mol. The van der Waals surface area contributed by atoms with E-state index in [2.05, 4.69) is 28.7 Å². The largest absolute Gasteiger partial charge is 0.352 e. The van der Waals surface area contributed by atoms with Gasteiger partial charge < -0.3 is 9.88 Å². The van der Waals surface area contributed by atoms with Crippen molar-refractivity contribution in [2.45, 2.75) is 26.3 Å². The Kier molecular flexibility index (Phi) is 2.85. The van der Waals surface area contributed by atoms with Gasteiger partial charge in [-0.05, 0) is 32.0 Å². The van der Waals surface area contributed by atoms with Crippen molar-refractivity contribution in [3.05, 3.63) is 41.9 Å². The summed E-state index contributed by atoms with van der Waals surface area (Å²) in [5.41, 5.74) is 4.16. The molecular weight excluding hydrogens is 238 g/mol. The van der Waals surface area contributed by atoms with Crippen molar-refractivity contribution >= 4 is 5.91 Å². The van der Waals surface area contributed by atoms with E-state index in [0.717, 1.165) is 35.5 Å². The molecule has 0 bridgehead atoms. The fourth-order valence-corrected chi connectivity index (χ4v) is 2.74. The van der Waals surface area contributed by atoms with Gasteiger partial charge in [0, 0.05) is 48.4 Å². The Hall–Kier alpha value is -2.10. The van der Waals surface area contributed by atoms with E-state index in [1.807, 2.05) is 18.2 Å². The maximum atomic E-state index is 12.0. The Morgan fingerprint density at radius 1 is 1.32 bits per heavy atom. The van der Waals surface area contributed by atoms with E-state index in [1.165, 1.54) is 0 Å². The summed E-state index contributed by atoms with van der Waals surface area (Å²) < 4.78 is 2.27. The predicted molar refractivity (Wildman–Crippen MR) is 74.1 cm³/mol. The third-order valence-corrected chi connectivity index (χ3v) is 3.53. The van der Waals surface area contributed by atoms with Crippen molar-refractivity contribution in [1.82, 2.24) is 14.9 Å². The Balaban J connectivity index is 2.22. The first-order valence-corrected chi connectivity index (χ1v) is 6.61. The van der Waals surface area contributed by atoms with E-state index in [-0.39, 0.29) is 5.91 Å². The lowest BCUT2D eigenvalue weighted by Gasteiger charge is -2.20.